The van der Waals surface area contributed by atoms with Gasteiger partial charge in [-0.1, -0.05) is 6.92 Å². The minimum absolute atomic E-state index is 0.415. The SMILES string of the molecule is CC1CCN(c2ncnc3c2cnn3C)C(C(=O)O)C1. The van der Waals surface area contributed by atoms with Crippen LogP contribution in [0.2, 0.25) is 0 Å². The first-order valence-corrected chi connectivity index (χ1v) is 6.70. The Morgan fingerprint density at radius 2 is 2.25 bits per heavy atom. The summed E-state index contributed by atoms with van der Waals surface area (Å²) in [5, 5.41) is 14.4. The standard InChI is InChI=1S/C13H17N5O2/c1-8-3-4-18(10(5-8)13(19)20)12-9-6-16-17(2)11(9)14-7-15-12/h6-8,10H,3-5H2,1-2H3,(H,19,20). The fraction of sp³-hybridized carbons (Fsp3) is 0.538. The van der Waals surface area contributed by atoms with Gasteiger partial charge in [0.15, 0.2) is 5.65 Å². The van der Waals surface area contributed by atoms with Crippen molar-refractivity contribution in [3.8, 4) is 0 Å². The number of aryl methyl sites for hydroxylation is 1. The Kier molecular flexibility index (Phi) is 3.04. The number of carboxylic acids is 1. The summed E-state index contributed by atoms with van der Waals surface area (Å²) in [6.07, 6.45) is 4.77. The molecule has 0 spiro atoms. The van der Waals surface area contributed by atoms with Gasteiger partial charge in [-0.3, -0.25) is 4.68 Å². The number of piperidine rings is 1. The van der Waals surface area contributed by atoms with Gasteiger partial charge in [0.25, 0.3) is 0 Å². The van der Waals surface area contributed by atoms with E-state index >= 15 is 0 Å². The van der Waals surface area contributed by atoms with Crippen LogP contribution in [-0.2, 0) is 11.8 Å². The van der Waals surface area contributed by atoms with E-state index in [9.17, 15) is 9.90 Å². The minimum atomic E-state index is -0.799. The van der Waals surface area contributed by atoms with Gasteiger partial charge < -0.3 is 10.0 Å². The summed E-state index contributed by atoms with van der Waals surface area (Å²) in [7, 11) is 1.81. The second-order valence-electron chi connectivity index (χ2n) is 5.38. The van der Waals surface area contributed by atoms with Crippen LogP contribution in [-0.4, -0.2) is 43.4 Å². The van der Waals surface area contributed by atoms with Crippen LogP contribution in [0.5, 0.6) is 0 Å². The van der Waals surface area contributed by atoms with E-state index in [1.807, 2.05) is 11.9 Å². The van der Waals surface area contributed by atoms with Crippen LogP contribution in [0.1, 0.15) is 19.8 Å². The van der Waals surface area contributed by atoms with Gasteiger partial charge in [0.2, 0.25) is 0 Å². The van der Waals surface area contributed by atoms with Crippen LogP contribution in [0.4, 0.5) is 5.82 Å². The van der Waals surface area contributed by atoms with Gasteiger partial charge in [0, 0.05) is 13.6 Å². The molecule has 2 aromatic heterocycles. The number of aliphatic carboxylic acids is 1. The second kappa shape index (κ2) is 4.73. The van der Waals surface area contributed by atoms with Crippen LogP contribution in [0.15, 0.2) is 12.5 Å². The third-order valence-corrected chi connectivity index (χ3v) is 3.93. The third-order valence-electron chi connectivity index (χ3n) is 3.93. The van der Waals surface area contributed by atoms with E-state index in [1.54, 1.807) is 10.9 Å². The highest BCUT2D eigenvalue weighted by Gasteiger charge is 2.33. The van der Waals surface area contributed by atoms with Crippen molar-refractivity contribution in [1.29, 1.82) is 0 Å². The Morgan fingerprint density at radius 1 is 1.45 bits per heavy atom. The number of rotatable bonds is 2. The Labute approximate surface area is 116 Å². The van der Waals surface area contributed by atoms with Gasteiger partial charge in [-0.2, -0.15) is 5.10 Å². The number of carbonyl (C=O) groups is 1. The molecule has 3 rings (SSSR count). The first kappa shape index (κ1) is 12.8. The lowest BCUT2D eigenvalue weighted by Gasteiger charge is -2.36. The Hall–Kier alpha value is -2.18. The van der Waals surface area contributed by atoms with Crippen molar-refractivity contribution in [2.24, 2.45) is 13.0 Å². The predicted molar refractivity (Wildman–Crippen MR) is 73.5 cm³/mol. The highest BCUT2D eigenvalue weighted by Crippen LogP contribution is 2.30. The lowest BCUT2D eigenvalue weighted by molar-refractivity contribution is -0.139. The van der Waals surface area contributed by atoms with Crippen LogP contribution < -0.4 is 4.90 Å². The van der Waals surface area contributed by atoms with Crippen LogP contribution in [0, 0.1) is 5.92 Å². The summed E-state index contributed by atoms with van der Waals surface area (Å²) in [6.45, 7) is 2.78. The van der Waals surface area contributed by atoms with Crippen LogP contribution in [0.25, 0.3) is 11.0 Å². The minimum Gasteiger partial charge on any atom is -0.480 e. The molecule has 2 aromatic rings. The van der Waals surface area contributed by atoms with Crippen molar-refractivity contribution >= 4 is 22.8 Å². The molecule has 1 aliphatic rings. The van der Waals surface area contributed by atoms with Crippen molar-refractivity contribution in [1.82, 2.24) is 19.7 Å². The largest absolute Gasteiger partial charge is 0.480 e. The summed E-state index contributed by atoms with van der Waals surface area (Å²) in [6, 6.07) is -0.531. The number of nitrogens with zero attached hydrogens (tertiary/aromatic N) is 5. The maximum absolute atomic E-state index is 11.5. The molecule has 0 aromatic carbocycles. The molecule has 7 nitrogen and oxygen atoms in total. The van der Waals surface area contributed by atoms with Crippen molar-refractivity contribution < 1.29 is 9.90 Å². The number of hydrogen-bond acceptors (Lipinski definition) is 5. The molecule has 0 radical (unpaired) electrons. The number of hydrogen-bond donors (Lipinski definition) is 1. The Balaban J connectivity index is 2.07. The van der Waals surface area contributed by atoms with Crippen molar-refractivity contribution in [2.45, 2.75) is 25.8 Å². The van der Waals surface area contributed by atoms with E-state index in [4.69, 9.17) is 0 Å². The predicted octanol–water partition coefficient (Wildman–Crippen LogP) is 1.05. The summed E-state index contributed by atoms with van der Waals surface area (Å²) in [4.78, 5) is 21.9. The Morgan fingerprint density at radius 3 is 3.00 bits per heavy atom. The molecule has 3 heterocycles. The molecule has 1 saturated heterocycles. The fourth-order valence-corrected chi connectivity index (χ4v) is 2.81. The van der Waals surface area contributed by atoms with E-state index < -0.39 is 12.0 Å². The highest BCUT2D eigenvalue weighted by atomic mass is 16.4. The maximum Gasteiger partial charge on any atom is 0.326 e. The maximum atomic E-state index is 11.5. The molecule has 0 bridgehead atoms. The topological polar surface area (TPSA) is 84.1 Å². The molecule has 20 heavy (non-hydrogen) atoms. The molecule has 2 unspecified atom stereocenters. The van der Waals surface area contributed by atoms with Gasteiger partial charge in [-0.25, -0.2) is 14.8 Å². The zero-order valence-corrected chi connectivity index (χ0v) is 11.5. The van der Waals surface area contributed by atoms with Crippen molar-refractivity contribution in [3.05, 3.63) is 12.5 Å². The van der Waals surface area contributed by atoms with Gasteiger partial charge in [0.05, 0.1) is 11.6 Å². The molecule has 7 heteroatoms. The number of aromatic nitrogens is 4. The summed E-state index contributed by atoms with van der Waals surface area (Å²) in [5.41, 5.74) is 0.720. The van der Waals surface area contributed by atoms with E-state index in [1.165, 1.54) is 6.33 Å². The van der Waals surface area contributed by atoms with E-state index in [0.29, 0.717) is 24.7 Å². The molecule has 1 N–H and O–H groups in total. The molecule has 0 aliphatic carbocycles. The first-order valence-electron chi connectivity index (χ1n) is 6.70. The van der Waals surface area contributed by atoms with Gasteiger partial charge in [-0.05, 0) is 18.8 Å². The van der Waals surface area contributed by atoms with Gasteiger partial charge in [-0.15, -0.1) is 0 Å². The quantitative estimate of drug-likeness (QED) is 0.882. The van der Waals surface area contributed by atoms with E-state index in [0.717, 1.165) is 17.5 Å². The molecular weight excluding hydrogens is 258 g/mol. The van der Waals surface area contributed by atoms with Crippen LogP contribution >= 0.6 is 0 Å². The fourth-order valence-electron chi connectivity index (χ4n) is 2.81. The number of anilines is 1. The molecule has 0 amide bonds. The van der Waals surface area contributed by atoms with E-state index in [2.05, 4.69) is 22.0 Å². The molecule has 0 saturated carbocycles. The van der Waals surface area contributed by atoms with E-state index in [-0.39, 0.29) is 0 Å². The first-order chi connectivity index (χ1) is 9.58. The molecule has 1 fully saturated rings. The van der Waals surface area contributed by atoms with Crippen molar-refractivity contribution in [3.63, 3.8) is 0 Å². The summed E-state index contributed by atoms with van der Waals surface area (Å²) in [5.74, 6) is 0.285. The Bertz CT molecular complexity index is 653. The van der Waals surface area contributed by atoms with Gasteiger partial charge >= 0.3 is 5.97 Å². The lowest BCUT2D eigenvalue weighted by atomic mass is 9.92. The average Bonchev–Trinajstić information content (AvgIpc) is 2.81. The second-order valence-corrected chi connectivity index (χ2v) is 5.38. The highest BCUT2D eigenvalue weighted by molar-refractivity contribution is 5.89. The van der Waals surface area contributed by atoms with Crippen molar-refractivity contribution in [2.75, 3.05) is 11.4 Å². The number of carboxylic acid groups (broad SMARTS) is 1. The summed E-state index contributed by atoms with van der Waals surface area (Å²) < 4.78 is 1.67. The smallest absolute Gasteiger partial charge is 0.326 e. The lowest BCUT2D eigenvalue weighted by Crippen LogP contribution is -2.47. The molecule has 1 aliphatic heterocycles. The summed E-state index contributed by atoms with van der Waals surface area (Å²) >= 11 is 0. The normalized spacial score (nSPS) is 23.2. The van der Waals surface area contributed by atoms with Gasteiger partial charge in [0.1, 0.15) is 18.2 Å². The zero-order valence-electron chi connectivity index (χ0n) is 11.5. The molecular formula is C13H17N5O2. The average molecular weight is 275 g/mol. The molecule has 2 atom stereocenters. The monoisotopic (exact) mass is 275 g/mol. The molecule has 106 valence electrons. The third kappa shape index (κ3) is 1.99. The zero-order chi connectivity index (χ0) is 14.3. The van der Waals surface area contributed by atoms with Crippen LogP contribution in [0.3, 0.4) is 0 Å². The number of fused-ring (bicyclic) bond motifs is 1.